The van der Waals surface area contributed by atoms with Crippen molar-refractivity contribution >= 4 is 11.6 Å². The number of amides is 1. The molecule has 0 bridgehead atoms. The Morgan fingerprint density at radius 1 is 1.32 bits per heavy atom. The van der Waals surface area contributed by atoms with E-state index in [4.69, 9.17) is 0 Å². The van der Waals surface area contributed by atoms with E-state index in [2.05, 4.69) is 53.6 Å². The normalized spacial score (nSPS) is 10.3. The largest absolute Gasteiger partial charge is 0.370 e. The molecule has 1 aromatic rings. The predicted molar refractivity (Wildman–Crippen MR) is 80.6 cm³/mol. The first-order valence-electron chi connectivity index (χ1n) is 6.90. The number of nitrogens with zero attached hydrogens (tertiary/aromatic N) is 1. The molecule has 0 fully saturated rings. The van der Waals surface area contributed by atoms with Gasteiger partial charge in [0, 0.05) is 38.3 Å². The Balaban J connectivity index is 2.39. The molecule has 1 rings (SSSR count). The quantitative estimate of drug-likeness (QED) is 0.748. The molecule has 0 atom stereocenters. The molecule has 1 amide bonds. The van der Waals surface area contributed by atoms with E-state index in [0.717, 1.165) is 19.6 Å². The highest BCUT2D eigenvalue weighted by atomic mass is 16.1. The molecule has 0 radical (unpaired) electrons. The van der Waals surface area contributed by atoms with Gasteiger partial charge in [0.1, 0.15) is 0 Å². The summed E-state index contributed by atoms with van der Waals surface area (Å²) in [5.74, 6) is 0.106. The molecule has 0 saturated carbocycles. The van der Waals surface area contributed by atoms with Crippen molar-refractivity contribution in [1.29, 1.82) is 0 Å². The SMILES string of the molecule is CCN(CCNC(=O)CCNC)c1cccc(C)c1. The third-order valence-corrected chi connectivity index (χ3v) is 3.05. The fraction of sp³-hybridized carbons (Fsp3) is 0.533. The van der Waals surface area contributed by atoms with Crippen LogP contribution in [0, 0.1) is 6.92 Å². The molecule has 0 spiro atoms. The summed E-state index contributed by atoms with van der Waals surface area (Å²) in [4.78, 5) is 13.8. The molecule has 0 aliphatic heterocycles. The molecular weight excluding hydrogens is 238 g/mol. The maximum absolute atomic E-state index is 11.5. The third-order valence-electron chi connectivity index (χ3n) is 3.05. The van der Waals surface area contributed by atoms with Gasteiger partial charge in [-0.05, 0) is 38.6 Å². The van der Waals surface area contributed by atoms with Gasteiger partial charge in [0.15, 0.2) is 0 Å². The number of carbonyl (C=O) groups is 1. The summed E-state index contributed by atoms with van der Waals surface area (Å²) in [5.41, 5.74) is 2.47. The van der Waals surface area contributed by atoms with Gasteiger partial charge in [-0.1, -0.05) is 12.1 Å². The number of hydrogen-bond donors (Lipinski definition) is 2. The van der Waals surface area contributed by atoms with E-state index in [1.54, 1.807) is 0 Å². The van der Waals surface area contributed by atoms with Crippen molar-refractivity contribution in [3.8, 4) is 0 Å². The van der Waals surface area contributed by atoms with E-state index >= 15 is 0 Å². The number of anilines is 1. The Morgan fingerprint density at radius 3 is 2.74 bits per heavy atom. The van der Waals surface area contributed by atoms with Crippen molar-refractivity contribution in [2.75, 3.05) is 38.1 Å². The molecule has 0 aromatic heterocycles. The Bertz CT molecular complexity index is 393. The average Bonchev–Trinajstić information content (AvgIpc) is 2.41. The molecule has 4 heteroatoms. The molecule has 19 heavy (non-hydrogen) atoms. The molecule has 0 unspecified atom stereocenters. The van der Waals surface area contributed by atoms with Crippen molar-refractivity contribution in [1.82, 2.24) is 10.6 Å². The Hall–Kier alpha value is -1.55. The minimum atomic E-state index is 0.106. The lowest BCUT2D eigenvalue weighted by Gasteiger charge is -2.23. The monoisotopic (exact) mass is 263 g/mol. The van der Waals surface area contributed by atoms with Crippen LogP contribution in [0.4, 0.5) is 5.69 Å². The van der Waals surface area contributed by atoms with Crippen molar-refractivity contribution in [3.05, 3.63) is 29.8 Å². The van der Waals surface area contributed by atoms with Crippen LogP contribution in [0.15, 0.2) is 24.3 Å². The van der Waals surface area contributed by atoms with Crippen LogP contribution < -0.4 is 15.5 Å². The maximum atomic E-state index is 11.5. The minimum Gasteiger partial charge on any atom is -0.370 e. The second-order valence-corrected chi connectivity index (χ2v) is 4.62. The number of hydrogen-bond acceptors (Lipinski definition) is 3. The lowest BCUT2D eigenvalue weighted by molar-refractivity contribution is -0.120. The van der Waals surface area contributed by atoms with Crippen molar-refractivity contribution in [2.24, 2.45) is 0 Å². The van der Waals surface area contributed by atoms with Crippen LogP contribution in [0.2, 0.25) is 0 Å². The number of rotatable bonds is 8. The highest BCUT2D eigenvalue weighted by Crippen LogP contribution is 2.14. The Kier molecular flexibility index (Phi) is 6.97. The molecule has 0 heterocycles. The molecule has 4 nitrogen and oxygen atoms in total. The van der Waals surface area contributed by atoms with Gasteiger partial charge in [-0.3, -0.25) is 4.79 Å². The van der Waals surface area contributed by atoms with E-state index in [1.165, 1.54) is 11.3 Å². The Labute approximate surface area is 116 Å². The van der Waals surface area contributed by atoms with E-state index < -0.39 is 0 Å². The predicted octanol–water partition coefficient (Wildman–Crippen LogP) is 1.55. The van der Waals surface area contributed by atoms with E-state index in [0.29, 0.717) is 13.0 Å². The fourth-order valence-electron chi connectivity index (χ4n) is 1.95. The fourth-order valence-corrected chi connectivity index (χ4v) is 1.95. The molecule has 1 aromatic carbocycles. The van der Waals surface area contributed by atoms with Crippen LogP contribution in [0.3, 0.4) is 0 Å². The summed E-state index contributed by atoms with van der Waals surface area (Å²) < 4.78 is 0. The van der Waals surface area contributed by atoms with Crippen LogP contribution >= 0.6 is 0 Å². The first kappa shape index (κ1) is 15.5. The minimum absolute atomic E-state index is 0.106. The smallest absolute Gasteiger partial charge is 0.221 e. The van der Waals surface area contributed by atoms with Gasteiger partial charge in [-0.25, -0.2) is 0 Å². The van der Waals surface area contributed by atoms with Gasteiger partial charge >= 0.3 is 0 Å². The summed E-state index contributed by atoms with van der Waals surface area (Å²) in [6.07, 6.45) is 0.535. The second-order valence-electron chi connectivity index (χ2n) is 4.62. The number of carbonyl (C=O) groups excluding carboxylic acids is 1. The zero-order valence-corrected chi connectivity index (χ0v) is 12.2. The summed E-state index contributed by atoms with van der Waals surface area (Å²) in [7, 11) is 1.85. The highest BCUT2D eigenvalue weighted by Gasteiger charge is 2.05. The first-order valence-corrected chi connectivity index (χ1v) is 6.90. The van der Waals surface area contributed by atoms with Crippen molar-refractivity contribution in [3.63, 3.8) is 0 Å². The summed E-state index contributed by atoms with van der Waals surface area (Å²) in [6, 6.07) is 8.45. The van der Waals surface area contributed by atoms with Crippen LogP contribution in [0.1, 0.15) is 18.9 Å². The van der Waals surface area contributed by atoms with Crippen LogP contribution in [-0.4, -0.2) is 39.1 Å². The van der Waals surface area contributed by atoms with Crippen LogP contribution in [-0.2, 0) is 4.79 Å². The van der Waals surface area contributed by atoms with Gasteiger partial charge < -0.3 is 15.5 Å². The number of benzene rings is 1. The lowest BCUT2D eigenvalue weighted by Crippen LogP contribution is -2.35. The molecule has 0 saturated heterocycles. The average molecular weight is 263 g/mol. The molecular formula is C15H25N3O. The Morgan fingerprint density at radius 2 is 2.11 bits per heavy atom. The van der Waals surface area contributed by atoms with Crippen molar-refractivity contribution in [2.45, 2.75) is 20.3 Å². The number of nitrogens with one attached hydrogen (secondary N) is 2. The molecule has 106 valence electrons. The van der Waals surface area contributed by atoms with Gasteiger partial charge in [0.2, 0.25) is 5.91 Å². The standard InChI is InChI=1S/C15H25N3O/c1-4-18(14-7-5-6-13(2)12-14)11-10-17-15(19)8-9-16-3/h5-7,12,16H,4,8-11H2,1-3H3,(H,17,19). The van der Waals surface area contributed by atoms with E-state index in [9.17, 15) is 4.79 Å². The van der Waals surface area contributed by atoms with Crippen LogP contribution in [0.25, 0.3) is 0 Å². The first-order chi connectivity index (χ1) is 9.17. The van der Waals surface area contributed by atoms with Gasteiger partial charge in [-0.15, -0.1) is 0 Å². The zero-order valence-electron chi connectivity index (χ0n) is 12.2. The maximum Gasteiger partial charge on any atom is 0.221 e. The zero-order chi connectivity index (χ0) is 14.1. The molecule has 2 N–H and O–H groups in total. The summed E-state index contributed by atoms with van der Waals surface area (Å²) in [6.45, 7) is 7.41. The summed E-state index contributed by atoms with van der Waals surface area (Å²) >= 11 is 0. The number of aryl methyl sites for hydroxylation is 1. The topological polar surface area (TPSA) is 44.4 Å². The van der Waals surface area contributed by atoms with E-state index in [-0.39, 0.29) is 5.91 Å². The third kappa shape index (κ3) is 5.75. The second kappa shape index (κ2) is 8.53. The van der Waals surface area contributed by atoms with Gasteiger partial charge in [0.05, 0.1) is 0 Å². The van der Waals surface area contributed by atoms with Gasteiger partial charge in [-0.2, -0.15) is 0 Å². The lowest BCUT2D eigenvalue weighted by atomic mass is 10.2. The number of likely N-dealkylation sites (N-methyl/N-ethyl adjacent to an activating group) is 1. The molecule has 0 aliphatic rings. The van der Waals surface area contributed by atoms with Crippen molar-refractivity contribution < 1.29 is 4.79 Å². The molecule has 0 aliphatic carbocycles. The van der Waals surface area contributed by atoms with E-state index in [1.807, 2.05) is 7.05 Å². The van der Waals surface area contributed by atoms with Gasteiger partial charge in [0.25, 0.3) is 0 Å². The van der Waals surface area contributed by atoms with Crippen LogP contribution in [0.5, 0.6) is 0 Å². The highest BCUT2D eigenvalue weighted by molar-refractivity contribution is 5.76. The summed E-state index contributed by atoms with van der Waals surface area (Å²) in [5, 5.41) is 5.92.